The monoisotopic (exact) mass is 283 g/mol. The number of hydrogen-bond donors (Lipinski definition) is 1. The first kappa shape index (κ1) is 14.4. The van der Waals surface area contributed by atoms with Crippen molar-refractivity contribution in [3.8, 4) is 0 Å². The maximum absolute atomic E-state index is 12.6. The molecule has 0 radical (unpaired) electrons. The van der Waals surface area contributed by atoms with Gasteiger partial charge in [-0.2, -0.15) is 0 Å². The zero-order valence-corrected chi connectivity index (χ0v) is 12.2. The van der Waals surface area contributed by atoms with E-state index in [9.17, 15) is 9.90 Å². The van der Waals surface area contributed by atoms with E-state index in [0.717, 1.165) is 31.4 Å². The van der Waals surface area contributed by atoms with Gasteiger partial charge in [-0.1, -0.05) is 30.7 Å². The number of hydrogen-bond acceptors (Lipinski definition) is 5. The van der Waals surface area contributed by atoms with Gasteiger partial charge in [0, 0.05) is 12.6 Å². The van der Waals surface area contributed by atoms with Gasteiger partial charge in [-0.05, 0) is 30.8 Å². The third-order valence-electron chi connectivity index (χ3n) is 3.60. The number of aryl methyl sites for hydroxylation is 1. The second-order valence-corrected chi connectivity index (χ2v) is 5.71. The van der Waals surface area contributed by atoms with Crippen LogP contribution in [0.5, 0.6) is 0 Å². The van der Waals surface area contributed by atoms with Gasteiger partial charge in [0.25, 0.3) is 5.91 Å². The van der Waals surface area contributed by atoms with Crippen molar-refractivity contribution in [2.75, 3.05) is 13.2 Å². The van der Waals surface area contributed by atoms with Gasteiger partial charge in [-0.25, -0.2) is 0 Å². The van der Waals surface area contributed by atoms with Crippen molar-refractivity contribution in [3.05, 3.63) is 10.6 Å². The van der Waals surface area contributed by atoms with Crippen LogP contribution >= 0.6 is 11.5 Å². The Morgan fingerprint density at radius 1 is 1.47 bits per heavy atom. The van der Waals surface area contributed by atoms with E-state index in [1.807, 2.05) is 4.90 Å². The normalized spacial score (nSPS) is 15.9. The Morgan fingerprint density at radius 2 is 2.21 bits per heavy atom. The molecule has 1 saturated carbocycles. The van der Waals surface area contributed by atoms with Crippen LogP contribution in [0.3, 0.4) is 0 Å². The molecule has 0 unspecified atom stereocenters. The van der Waals surface area contributed by atoms with Crippen molar-refractivity contribution in [1.29, 1.82) is 0 Å². The predicted molar refractivity (Wildman–Crippen MR) is 74.3 cm³/mol. The van der Waals surface area contributed by atoms with Crippen molar-refractivity contribution in [2.45, 2.75) is 51.5 Å². The number of aliphatic hydroxyl groups is 1. The number of amides is 1. The SMILES string of the molecule is CCCc1nnsc1C(=O)N(CCO)C1CCCC1. The van der Waals surface area contributed by atoms with Gasteiger partial charge < -0.3 is 10.0 Å². The van der Waals surface area contributed by atoms with Crippen LogP contribution in [0.15, 0.2) is 0 Å². The van der Waals surface area contributed by atoms with Gasteiger partial charge in [0.1, 0.15) is 4.88 Å². The zero-order chi connectivity index (χ0) is 13.7. The zero-order valence-electron chi connectivity index (χ0n) is 11.3. The standard InChI is InChI=1S/C13H21N3O2S/c1-2-5-11-12(19-15-14-11)13(18)16(8-9-17)10-6-3-4-7-10/h10,17H,2-9H2,1H3. The van der Waals surface area contributed by atoms with Gasteiger partial charge in [0.2, 0.25) is 0 Å². The van der Waals surface area contributed by atoms with Gasteiger partial charge >= 0.3 is 0 Å². The Hall–Kier alpha value is -1.01. The van der Waals surface area contributed by atoms with Crippen LogP contribution in [0.25, 0.3) is 0 Å². The van der Waals surface area contributed by atoms with Gasteiger partial charge in [-0.15, -0.1) is 5.10 Å². The number of rotatable bonds is 6. The summed E-state index contributed by atoms with van der Waals surface area (Å²) < 4.78 is 3.91. The lowest BCUT2D eigenvalue weighted by molar-refractivity contribution is 0.0641. The molecule has 0 aromatic carbocycles. The first-order valence-electron chi connectivity index (χ1n) is 7.01. The van der Waals surface area contributed by atoms with E-state index >= 15 is 0 Å². The Bertz CT molecular complexity index is 416. The van der Waals surface area contributed by atoms with E-state index in [2.05, 4.69) is 16.5 Å². The van der Waals surface area contributed by atoms with Gasteiger partial charge in [0.15, 0.2) is 0 Å². The van der Waals surface area contributed by atoms with E-state index < -0.39 is 0 Å². The minimum atomic E-state index is -0.000556. The largest absolute Gasteiger partial charge is 0.395 e. The van der Waals surface area contributed by atoms with E-state index in [-0.39, 0.29) is 18.6 Å². The van der Waals surface area contributed by atoms with Crippen LogP contribution in [-0.2, 0) is 6.42 Å². The van der Waals surface area contributed by atoms with Gasteiger partial charge in [-0.3, -0.25) is 4.79 Å². The molecule has 1 aromatic rings. The number of aromatic nitrogens is 2. The van der Waals surface area contributed by atoms with Crippen LogP contribution in [0, 0.1) is 0 Å². The third-order valence-corrected chi connectivity index (χ3v) is 4.36. The quantitative estimate of drug-likeness (QED) is 0.865. The molecule has 1 amide bonds. The summed E-state index contributed by atoms with van der Waals surface area (Å²) in [5.41, 5.74) is 0.804. The van der Waals surface area contributed by atoms with Crippen LogP contribution in [0.4, 0.5) is 0 Å². The summed E-state index contributed by atoms with van der Waals surface area (Å²) in [5.74, 6) is -0.000556. The van der Waals surface area contributed by atoms with Gasteiger partial charge in [0.05, 0.1) is 12.3 Å². The summed E-state index contributed by atoms with van der Waals surface area (Å²) in [6.07, 6.45) is 6.16. The number of carbonyl (C=O) groups is 1. The molecule has 0 spiro atoms. The van der Waals surface area contributed by atoms with Crippen LogP contribution in [0.1, 0.15) is 54.4 Å². The van der Waals surface area contributed by atoms with Crippen molar-refractivity contribution in [1.82, 2.24) is 14.5 Å². The molecule has 1 heterocycles. The third kappa shape index (κ3) is 3.30. The fourth-order valence-corrected chi connectivity index (χ4v) is 3.34. The van der Waals surface area contributed by atoms with Crippen LogP contribution < -0.4 is 0 Å². The van der Waals surface area contributed by atoms with Crippen LogP contribution in [-0.4, -0.2) is 44.7 Å². The maximum atomic E-state index is 12.6. The minimum absolute atomic E-state index is 0.000556. The second-order valence-electron chi connectivity index (χ2n) is 4.96. The average Bonchev–Trinajstić information content (AvgIpc) is 3.06. The number of nitrogens with zero attached hydrogens (tertiary/aromatic N) is 3. The highest BCUT2D eigenvalue weighted by Crippen LogP contribution is 2.26. The summed E-state index contributed by atoms with van der Waals surface area (Å²) in [6, 6.07) is 0.274. The molecule has 2 rings (SSSR count). The molecule has 1 fully saturated rings. The second kappa shape index (κ2) is 6.96. The first-order chi connectivity index (χ1) is 9.27. The molecule has 0 bridgehead atoms. The Balaban J connectivity index is 2.15. The minimum Gasteiger partial charge on any atom is -0.395 e. The molecule has 1 aliphatic carbocycles. The molecule has 106 valence electrons. The molecular weight excluding hydrogens is 262 g/mol. The van der Waals surface area contributed by atoms with E-state index in [4.69, 9.17) is 0 Å². The molecular formula is C13H21N3O2S. The van der Waals surface area contributed by atoms with Crippen molar-refractivity contribution in [2.24, 2.45) is 0 Å². The molecule has 0 aliphatic heterocycles. The summed E-state index contributed by atoms with van der Waals surface area (Å²) >= 11 is 1.18. The highest BCUT2D eigenvalue weighted by Gasteiger charge is 2.29. The van der Waals surface area contributed by atoms with Crippen LogP contribution in [0.2, 0.25) is 0 Å². The van der Waals surface area contributed by atoms with Crippen molar-refractivity contribution in [3.63, 3.8) is 0 Å². The molecule has 1 aromatic heterocycles. The van der Waals surface area contributed by atoms with E-state index in [1.54, 1.807) is 0 Å². The first-order valence-corrected chi connectivity index (χ1v) is 7.78. The van der Waals surface area contributed by atoms with E-state index in [0.29, 0.717) is 11.4 Å². The van der Waals surface area contributed by atoms with Crippen molar-refractivity contribution >= 4 is 17.4 Å². The lowest BCUT2D eigenvalue weighted by Crippen LogP contribution is -2.40. The summed E-state index contributed by atoms with van der Waals surface area (Å²) in [6.45, 7) is 2.49. The highest BCUT2D eigenvalue weighted by atomic mass is 32.1. The fourth-order valence-electron chi connectivity index (χ4n) is 2.68. The summed E-state index contributed by atoms with van der Waals surface area (Å²) in [5, 5.41) is 13.2. The summed E-state index contributed by atoms with van der Waals surface area (Å²) in [7, 11) is 0. The molecule has 1 aliphatic rings. The molecule has 5 nitrogen and oxygen atoms in total. The molecule has 6 heteroatoms. The Kier molecular flexibility index (Phi) is 5.27. The predicted octanol–water partition coefficient (Wildman–Crippen LogP) is 1.87. The lowest BCUT2D eigenvalue weighted by Gasteiger charge is -2.27. The topological polar surface area (TPSA) is 66.3 Å². The highest BCUT2D eigenvalue weighted by molar-refractivity contribution is 7.08. The van der Waals surface area contributed by atoms with E-state index in [1.165, 1.54) is 24.4 Å². The molecule has 19 heavy (non-hydrogen) atoms. The molecule has 0 saturated heterocycles. The lowest BCUT2D eigenvalue weighted by atomic mass is 10.1. The molecule has 0 atom stereocenters. The Morgan fingerprint density at radius 3 is 2.84 bits per heavy atom. The molecule has 1 N–H and O–H groups in total. The average molecular weight is 283 g/mol. The fraction of sp³-hybridized carbons (Fsp3) is 0.769. The Labute approximate surface area is 117 Å². The smallest absolute Gasteiger partial charge is 0.267 e. The number of carbonyl (C=O) groups excluding carboxylic acids is 1. The number of aliphatic hydroxyl groups excluding tert-OH is 1. The summed E-state index contributed by atoms with van der Waals surface area (Å²) in [4.78, 5) is 15.1. The maximum Gasteiger partial charge on any atom is 0.267 e. The van der Waals surface area contributed by atoms with Crippen molar-refractivity contribution < 1.29 is 9.90 Å².